The summed E-state index contributed by atoms with van der Waals surface area (Å²) in [6, 6.07) is 27.8. The molecule has 40 heavy (non-hydrogen) atoms. The summed E-state index contributed by atoms with van der Waals surface area (Å²) in [7, 11) is 1.73. The van der Waals surface area contributed by atoms with Crippen molar-refractivity contribution in [2.24, 2.45) is 5.92 Å². The van der Waals surface area contributed by atoms with Gasteiger partial charge in [0.2, 0.25) is 0 Å². The second kappa shape index (κ2) is 17.6. The molecule has 0 aliphatic carbocycles. The van der Waals surface area contributed by atoms with Gasteiger partial charge in [-0.05, 0) is 78.8 Å². The van der Waals surface area contributed by atoms with E-state index in [-0.39, 0.29) is 7.43 Å². The molecule has 0 spiro atoms. The van der Waals surface area contributed by atoms with E-state index >= 15 is 0 Å². The Kier molecular flexibility index (Phi) is 13.9. The predicted octanol–water partition coefficient (Wildman–Crippen LogP) is 8.51. The number of thiazole rings is 1. The summed E-state index contributed by atoms with van der Waals surface area (Å²) in [5, 5.41) is 3.32. The molecule has 3 aromatic carbocycles. The summed E-state index contributed by atoms with van der Waals surface area (Å²) < 4.78 is 17.0. The number of aromatic nitrogens is 1. The topological polar surface area (TPSA) is 40.6 Å². The van der Waals surface area contributed by atoms with E-state index in [1.165, 1.54) is 27.3 Å². The first kappa shape index (κ1) is 31.5. The van der Waals surface area contributed by atoms with Gasteiger partial charge in [0, 0.05) is 5.38 Å². The van der Waals surface area contributed by atoms with Crippen LogP contribution in [0.25, 0.3) is 0 Å². The quantitative estimate of drug-likeness (QED) is 0.122. The number of nitrogens with zero attached hydrogens (tertiary/aromatic N) is 1. The molecule has 1 atom stereocenters. The van der Waals surface area contributed by atoms with Crippen molar-refractivity contribution in [2.45, 2.75) is 66.1 Å². The molecule has 1 heterocycles. The molecule has 4 aromatic rings. The smallest absolute Gasteiger partial charge is 0.119 e. The maximum absolute atomic E-state index is 5.81. The highest BCUT2D eigenvalue weighted by Gasteiger charge is 2.13. The average molecular weight is 560 g/mol. The molecule has 0 N–H and O–H groups in total. The first-order valence-corrected chi connectivity index (χ1v) is 14.9. The molecule has 0 saturated heterocycles. The van der Waals surface area contributed by atoms with E-state index in [2.05, 4.69) is 66.9 Å². The van der Waals surface area contributed by atoms with E-state index < -0.39 is 0 Å². The molecule has 1 aromatic heterocycles. The molecule has 0 amide bonds. The maximum atomic E-state index is 5.81. The zero-order chi connectivity index (χ0) is 27.1. The lowest BCUT2D eigenvalue weighted by molar-refractivity contribution is 0.0330. The lowest BCUT2D eigenvalue weighted by atomic mass is 9.89. The summed E-state index contributed by atoms with van der Waals surface area (Å²) in [4.78, 5) is 4.86. The minimum absolute atomic E-state index is 0. The minimum Gasteiger partial charge on any atom is -0.497 e. The highest BCUT2D eigenvalue weighted by Crippen LogP contribution is 2.24. The van der Waals surface area contributed by atoms with Crippen LogP contribution in [0.1, 0.15) is 60.1 Å². The van der Waals surface area contributed by atoms with Gasteiger partial charge >= 0.3 is 0 Å². The molecule has 0 aliphatic heterocycles. The van der Waals surface area contributed by atoms with Gasteiger partial charge in [0.1, 0.15) is 5.75 Å². The SMILES string of the molecule is C.CCc1cccc(CCC(CCc2nc(COCCOCc3ccccc3)cs2)Cc2cccc(OC)c2)c1. The third-order valence-corrected chi connectivity index (χ3v) is 7.96. The molecule has 1 unspecified atom stereocenters. The van der Waals surface area contributed by atoms with Gasteiger partial charge in [0.05, 0.1) is 44.2 Å². The van der Waals surface area contributed by atoms with Crippen molar-refractivity contribution in [1.29, 1.82) is 0 Å². The van der Waals surface area contributed by atoms with Crippen LogP contribution in [0.5, 0.6) is 5.75 Å². The van der Waals surface area contributed by atoms with Crippen molar-refractivity contribution in [2.75, 3.05) is 20.3 Å². The number of ether oxygens (including phenoxy) is 3. The fourth-order valence-electron chi connectivity index (χ4n) is 4.77. The van der Waals surface area contributed by atoms with Crippen molar-refractivity contribution in [3.05, 3.63) is 117 Å². The molecule has 4 rings (SSSR count). The third-order valence-electron chi connectivity index (χ3n) is 7.00. The molecular formula is C35H45NO3S. The summed E-state index contributed by atoms with van der Waals surface area (Å²) in [6.07, 6.45) is 6.51. The summed E-state index contributed by atoms with van der Waals surface area (Å²) in [6.45, 7) is 4.52. The van der Waals surface area contributed by atoms with Gasteiger partial charge < -0.3 is 14.2 Å². The summed E-state index contributed by atoms with van der Waals surface area (Å²) >= 11 is 1.75. The Morgan fingerprint density at radius 3 is 2.25 bits per heavy atom. The van der Waals surface area contributed by atoms with E-state index in [9.17, 15) is 0 Å². The van der Waals surface area contributed by atoms with Crippen LogP contribution in [-0.4, -0.2) is 25.3 Å². The number of hydrogen-bond acceptors (Lipinski definition) is 5. The van der Waals surface area contributed by atoms with Crippen LogP contribution in [0, 0.1) is 5.92 Å². The van der Waals surface area contributed by atoms with Crippen LogP contribution in [0.15, 0.2) is 84.2 Å². The molecule has 4 nitrogen and oxygen atoms in total. The fraction of sp³-hybridized carbons (Fsp3) is 0.400. The summed E-state index contributed by atoms with van der Waals surface area (Å²) in [5.74, 6) is 1.50. The van der Waals surface area contributed by atoms with Gasteiger partial charge in [0.15, 0.2) is 0 Å². The molecular weight excluding hydrogens is 514 g/mol. The van der Waals surface area contributed by atoms with Crippen LogP contribution < -0.4 is 4.74 Å². The highest BCUT2D eigenvalue weighted by molar-refractivity contribution is 7.09. The molecule has 0 aliphatic rings. The lowest BCUT2D eigenvalue weighted by Gasteiger charge is -2.17. The van der Waals surface area contributed by atoms with E-state index in [1.807, 2.05) is 24.3 Å². The normalized spacial score (nSPS) is 11.7. The van der Waals surface area contributed by atoms with Gasteiger partial charge in [-0.15, -0.1) is 11.3 Å². The lowest BCUT2D eigenvalue weighted by Crippen LogP contribution is -2.09. The van der Waals surface area contributed by atoms with Gasteiger partial charge in [0.25, 0.3) is 0 Å². The number of benzene rings is 3. The first-order valence-electron chi connectivity index (χ1n) is 14.0. The van der Waals surface area contributed by atoms with Crippen molar-refractivity contribution < 1.29 is 14.2 Å². The highest BCUT2D eigenvalue weighted by atomic mass is 32.1. The molecule has 0 radical (unpaired) electrons. The van der Waals surface area contributed by atoms with Gasteiger partial charge in [-0.3, -0.25) is 0 Å². The third kappa shape index (κ3) is 10.9. The van der Waals surface area contributed by atoms with E-state index in [0.29, 0.717) is 32.3 Å². The molecule has 214 valence electrons. The van der Waals surface area contributed by atoms with Crippen LogP contribution in [-0.2, 0) is 48.4 Å². The Balaban J connectivity index is 0.00000441. The van der Waals surface area contributed by atoms with E-state index in [4.69, 9.17) is 19.2 Å². The van der Waals surface area contributed by atoms with Gasteiger partial charge in [-0.2, -0.15) is 0 Å². The van der Waals surface area contributed by atoms with Crippen LogP contribution in [0.3, 0.4) is 0 Å². The Morgan fingerprint density at radius 2 is 1.45 bits per heavy atom. The zero-order valence-corrected chi connectivity index (χ0v) is 24.1. The van der Waals surface area contributed by atoms with Crippen LogP contribution >= 0.6 is 11.3 Å². The van der Waals surface area contributed by atoms with Crippen molar-refractivity contribution in [1.82, 2.24) is 4.98 Å². The Labute approximate surface area is 245 Å². The van der Waals surface area contributed by atoms with E-state index in [0.717, 1.165) is 50.0 Å². The predicted molar refractivity (Wildman–Crippen MR) is 167 cm³/mol. The zero-order valence-electron chi connectivity index (χ0n) is 23.3. The number of methoxy groups -OCH3 is 1. The molecule has 0 saturated carbocycles. The largest absolute Gasteiger partial charge is 0.497 e. The molecule has 0 bridgehead atoms. The number of rotatable bonds is 17. The monoisotopic (exact) mass is 559 g/mol. The second-order valence-electron chi connectivity index (χ2n) is 10.00. The van der Waals surface area contributed by atoms with Crippen LogP contribution in [0.4, 0.5) is 0 Å². The van der Waals surface area contributed by atoms with Crippen LogP contribution in [0.2, 0.25) is 0 Å². The Hall–Kier alpha value is -2.99. The average Bonchev–Trinajstić information content (AvgIpc) is 3.44. The number of aryl methyl sites for hydroxylation is 3. The maximum Gasteiger partial charge on any atom is 0.119 e. The van der Waals surface area contributed by atoms with Gasteiger partial charge in [-0.1, -0.05) is 81.1 Å². The van der Waals surface area contributed by atoms with E-state index in [1.54, 1.807) is 18.4 Å². The molecule has 5 heteroatoms. The molecule has 0 fully saturated rings. The first-order chi connectivity index (χ1) is 19.2. The van der Waals surface area contributed by atoms with Crippen molar-refractivity contribution in [3.8, 4) is 5.75 Å². The Morgan fingerprint density at radius 1 is 0.750 bits per heavy atom. The number of hydrogen-bond donors (Lipinski definition) is 0. The van der Waals surface area contributed by atoms with Gasteiger partial charge in [-0.25, -0.2) is 4.98 Å². The standard InChI is InChI=1S/C34H41NO3S.CH4/c1-3-27-11-7-12-28(21-27)15-16-29(22-31-13-8-14-33(23-31)36-2)17-18-34-35-32(26-39-34)25-38-20-19-37-24-30-9-5-4-6-10-30;/h4-14,21,23,26,29H,3,15-20,22,24-25H2,1-2H3;1H4. The fourth-order valence-corrected chi connectivity index (χ4v) is 5.57. The van der Waals surface area contributed by atoms with Crippen molar-refractivity contribution in [3.63, 3.8) is 0 Å². The van der Waals surface area contributed by atoms with Crippen molar-refractivity contribution >= 4 is 11.3 Å². The summed E-state index contributed by atoms with van der Waals surface area (Å²) in [5.41, 5.74) is 6.38. The second-order valence-corrected chi connectivity index (χ2v) is 10.9. The minimum atomic E-state index is 0. The Bertz CT molecular complexity index is 1240.